The quantitative estimate of drug-likeness (QED) is 0.462. The molecule has 2 aromatic rings. The van der Waals surface area contributed by atoms with Crippen LogP contribution in [0.4, 0.5) is 4.79 Å². The summed E-state index contributed by atoms with van der Waals surface area (Å²) < 4.78 is 0.994. The predicted octanol–water partition coefficient (Wildman–Crippen LogP) is 2.33. The molecule has 1 heterocycles. The van der Waals surface area contributed by atoms with Crippen LogP contribution in [0.3, 0.4) is 0 Å². The summed E-state index contributed by atoms with van der Waals surface area (Å²) in [5.74, 6) is 5.32. The van der Waals surface area contributed by atoms with Gasteiger partial charge in [0.1, 0.15) is 0 Å². The van der Waals surface area contributed by atoms with Crippen molar-refractivity contribution >= 4 is 32.9 Å². The maximum Gasteiger partial charge on any atom is 0.421 e. The fraction of sp³-hybridized carbons (Fsp3) is 0.182. The number of H-pyrrole nitrogens is 1. The van der Waals surface area contributed by atoms with Gasteiger partial charge in [0.05, 0.1) is 0 Å². The van der Waals surface area contributed by atoms with Gasteiger partial charge in [-0.3, -0.25) is 0 Å². The van der Waals surface area contributed by atoms with E-state index in [0.717, 1.165) is 25.9 Å². The van der Waals surface area contributed by atoms with Crippen LogP contribution in [0.5, 0.6) is 0 Å². The molecule has 90 valence electrons. The Morgan fingerprint density at radius 2 is 2.29 bits per heavy atom. The van der Waals surface area contributed by atoms with Gasteiger partial charge < -0.3 is 10.1 Å². The summed E-state index contributed by atoms with van der Waals surface area (Å²) in [6.45, 7) is 0.273. The summed E-state index contributed by atoms with van der Waals surface area (Å²) in [4.78, 5) is 13.7. The molecule has 6 heteroatoms. The minimum atomic E-state index is -1.12. The molecule has 0 aliphatic rings. The normalized spacial score (nSPS) is 10.7. The largest absolute Gasteiger partial charge is 0.464 e. The molecular formula is C11H12BrN3O2. The molecule has 0 radical (unpaired) electrons. The van der Waals surface area contributed by atoms with Crippen molar-refractivity contribution in [3.8, 4) is 0 Å². The zero-order valence-corrected chi connectivity index (χ0v) is 10.6. The second kappa shape index (κ2) is 4.77. The van der Waals surface area contributed by atoms with E-state index >= 15 is 0 Å². The fourth-order valence-electron chi connectivity index (χ4n) is 1.69. The average molecular weight is 298 g/mol. The van der Waals surface area contributed by atoms with Gasteiger partial charge in [-0.15, -0.1) is 0 Å². The van der Waals surface area contributed by atoms with Gasteiger partial charge in [0.2, 0.25) is 0 Å². The zero-order chi connectivity index (χ0) is 12.4. The average Bonchev–Trinajstić information content (AvgIpc) is 2.68. The molecule has 0 saturated heterocycles. The number of nitrogens with two attached hydrogens (primary N) is 1. The van der Waals surface area contributed by atoms with Gasteiger partial charge in [-0.2, -0.15) is 0 Å². The van der Waals surface area contributed by atoms with Gasteiger partial charge >= 0.3 is 6.09 Å². The number of carbonyl (C=O) groups is 1. The lowest BCUT2D eigenvalue weighted by Crippen LogP contribution is -2.37. The number of carboxylic acid groups (broad SMARTS) is 1. The molecule has 0 aliphatic heterocycles. The number of hydrogen-bond donors (Lipinski definition) is 3. The van der Waals surface area contributed by atoms with Gasteiger partial charge in [0.25, 0.3) is 0 Å². The van der Waals surface area contributed by atoms with E-state index in [0.29, 0.717) is 6.42 Å². The van der Waals surface area contributed by atoms with E-state index in [4.69, 9.17) is 10.9 Å². The Labute approximate surface area is 106 Å². The van der Waals surface area contributed by atoms with E-state index in [9.17, 15) is 4.79 Å². The molecule has 1 aromatic carbocycles. The Balaban J connectivity index is 2.19. The van der Waals surface area contributed by atoms with Crippen LogP contribution in [0, 0.1) is 0 Å². The topological polar surface area (TPSA) is 82.3 Å². The van der Waals surface area contributed by atoms with Crippen LogP contribution in [0.15, 0.2) is 28.9 Å². The lowest BCUT2D eigenvalue weighted by Gasteiger charge is -2.11. The van der Waals surface area contributed by atoms with Gasteiger partial charge in [0, 0.05) is 28.1 Å². The van der Waals surface area contributed by atoms with E-state index in [1.165, 1.54) is 0 Å². The third-order valence-corrected chi connectivity index (χ3v) is 3.09. The van der Waals surface area contributed by atoms with Crippen LogP contribution in [-0.2, 0) is 6.42 Å². The molecule has 2 rings (SSSR count). The van der Waals surface area contributed by atoms with Crippen LogP contribution in [0.25, 0.3) is 10.9 Å². The number of benzene rings is 1. The third-order valence-electron chi connectivity index (χ3n) is 2.60. The summed E-state index contributed by atoms with van der Waals surface area (Å²) in [5, 5.41) is 10.5. The first kappa shape index (κ1) is 11.9. The maximum atomic E-state index is 10.6. The van der Waals surface area contributed by atoms with Crippen molar-refractivity contribution in [3.63, 3.8) is 0 Å². The van der Waals surface area contributed by atoms with Crippen LogP contribution in [0.2, 0.25) is 0 Å². The SMILES string of the molecule is NN(CCc1c[nH]c2ccc(Br)cc12)C(=O)O. The van der Waals surface area contributed by atoms with Crippen molar-refractivity contribution in [2.45, 2.75) is 6.42 Å². The van der Waals surface area contributed by atoms with Crippen molar-refractivity contribution < 1.29 is 9.90 Å². The first-order chi connectivity index (χ1) is 8.08. The second-order valence-corrected chi connectivity index (χ2v) is 4.65. The Hall–Kier alpha value is -1.53. The van der Waals surface area contributed by atoms with E-state index in [1.807, 2.05) is 24.4 Å². The van der Waals surface area contributed by atoms with Gasteiger partial charge in [0.15, 0.2) is 0 Å². The first-order valence-corrected chi connectivity index (χ1v) is 5.88. The number of nitrogens with one attached hydrogen (secondary N) is 1. The summed E-state index contributed by atoms with van der Waals surface area (Å²) >= 11 is 3.41. The molecule has 0 spiro atoms. The molecule has 0 saturated carbocycles. The van der Waals surface area contributed by atoms with E-state index in [2.05, 4.69) is 20.9 Å². The highest BCUT2D eigenvalue weighted by molar-refractivity contribution is 9.10. The molecule has 4 N–H and O–H groups in total. The second-order valence-electron chi connectivity index (χ2n) is 3.73. The Bertz CT molecular complexity index is 553. The molecule has 0 bridgehead atoms. The molecule has 5 nitrogen and oxygen atoms in total. The predicted molar refractivity (Wildman–Crippen MR) is 68.6 cm³/mol. The molecule has 0 aliphatic carbocycles. The zero-order valence-electron chi connectivity index (χ0n) is 8.98. The Kier molecular flexibility index (Phi) is 3.35. The van der Waals surface area contributed by atoms with Crippen molar-refractivity contribution in [3.05, 3.63) is 34.4 Å². The van der Waals surface area contributed by atoms with Gasteiger partial charge in [-0.1, -0.05) is 15.9 Å². The molecule has 1 aromatic heterocycles. The highest BCUT2D eigenvalue weighted by Gasteiger charge is 2.09. The fourth-order valence-corrected chi connectivity index (χ4v) is 2.06. The number of halogens is 1. The standard InChI is InChI=1S/C11H12BrN3O2/c12-8-1-2-10-9(5-8)7(6-14-10)3-4-15(13)11(16)17/h1-2,5-6,14H,3-4,13H2,(H,16,17). The number of rotatable bonds is 3. The Morgan fingerprint density at radius 1 is 1.53 bits per heavy atom. The number of fused-ring (bicyclic) bond motifs is 1. The molecule has 0 atom stereocenters. The van der Waals surface area contributed by atoms with Crippen molar-refractivity contribution in [2.75, 3.05) is 6.54 Å². The lowest BCUT2D eigenvalue weighted by atomic mass is 10.1. The van der Waals surface area contributed by atoms with Crippen molar-refractivity contribution in [1.82, 2.24) is 9.99 Å². The van der Waals surface area contributed by atoms with Crippen LogP contribution >= 0.6 is 15.9 Å². The van der Waals surface area contributed by atoms with Crippen molar-refractivity contribution in [1.29, 1.82) is 0 Å². The third kappa shape index (κ3) is 2.59. The summed E-state index contributed by atoms with van der Waals surface area (Å²) in [6.07, 6.45) is 1.34. The molecule has 0 fully saturated rings. The van der Waals surface area contributed by atoms with Crippen LogP contribution < -0.4 is 5.84 Å². The smallest absolute Gasteiger partial charge is 0.421 e. The van der Waals surface area contributed by atoms with Crippen molar-refractivity contribution in [2.24, 2.45) is 5.84 Å². The molecular weight excluding hydrogens is 286 g/mol. The van der Waals surface area contributed by atoms with Gasteiger partial charge in [-0.05, 0) is 30.2 Å². The number of hydrazine groups is 1. The molecule has 1 amide bonds. The number of aromatic nitrogens is 1. The molecule has 17 heavy (non-hydrogen) atoms. The molecule has 0 unspecified atom stereocenters. The highest BCUT2D eigenvalue weighted by Crippen LogP contribution is 2.22. The van der Waals surface area contributed by atoms with E-state index < -0.39 is 6.09 Å². The minimum Gasteiger partial charge on any atom is -0.464 e. The maximum absolute atomic E-state index is 10.6. The minimum absolute atomic E-state index is 0.273. The number of hydrogen-bond acceptors (Lipinski definition) is 2. The Morgan fingerprint density at radius 3 is 3.00 bits per heavy atom. The van der Waals surface area contributed by atoms with Gasteiger partial charge in [-0.25, -0.2) is 15.6 Å². The highest BCUT2D eigenvalue weighted by atomic mass is 79.9. The van der Waals surface area contributed by atoms with Crippen LogP contribution in [-0.4, -0.2) is 27.7 Å². The summed E-state index contributed by atoms with van der Waals surface area (Å²) in [7, 11) is 0. The number of nitrogens with zero attached hydrogens (tertiary/aromatic N) is 1. The number of aromatic amines is 1. The lowest BCUT2D eigenvalue weighted by molar-refractivity contribution is 0.146. The number of amides is 1. The first-order valence-electron chi connectivity index (χ1n) is 5.08. The van der Waals surface area contributed by atoms with E-state index in [-0.39, 0.29) is 6.54 Å². The summed E-state index contributed by atoms with van der Waals surface area (Å²) in [6, 6.07) is 5.93. The monoisotopic (exact) mass is 297 g/mol. The van der Waals surface area contributed by atoms with E-state index in [1.54, 1.807) is 0 Å². The summed E-state index contributed by atoms with van der Waals surface area (Å²) in [5.41, 5.74) is 2.08. The van der Waals surface area contributed by atoms with Crippen LogP contribution in [0.1, 0.15) is 5.56 Å².